The van der Waals surface area contributed by atoms with Crippen LogP contribution in [0.2, 0.25) is 0 Å². The second kappa shape index (κ2) is 5.45. The van der Waals surface area contributed by atoms with Gasteiger partial charge in [0.15, 0.2) is 0 Å². The zero-order chi connectivity index (χ0) is 16.7. The molecule has 4 rings (SSSR count). The molecule has 0 fully saturated rings. The highest BCUT2D eigenvalue weighted by atomic mass is 16.5. The molecule has 1 aromatic carbocycles. The number of ether oxygens (including phenoxy) is 1. The van der Waals surface area contributed by atoms with Crippen molar-refractivity contribution in [1.29, 1.82) is 0 Å². The number of aromatic nitrogens is 5. The molecular formula is C17H15N5O2. The highest BCUT2D eigenvalue weighted by Gasteiger charge is 2.15. The lowest BCUT2D eigenvalue weighted by Crippen LogP contribution is -2.25. The number of fused-ring (bicyclic) bond motifs is 3. The molecule has 0 radical (unpaired) electrons. The molecule has 0 saturated heterocycles. The van der Waals surface area contributed by atoms with E-state index in [-0.39, 0.29) is 12.1 Å². The maximum Gasteiger partial charge on any atom is 0.291 e. The number of benzene rings is 1. The molecule has 120 valence electrons. The summed E-state index contributed by atoms with van der Waals surface area (Å²) in [5, 5.41) is 6.08. The molecule has 0 atom stereocenters. The Bertz CT molecular complexity index is 1100. The highest BCUT2D eigenvalue weighted by Crippen LogP contribution is 2.28. The predicted molar refractivity (Wildman–Crippen MR) is 90.2 cm³/mol. The Morgan fingerprint density at radius 2 is 1.96 bits per heavy atom. The average Bonchev–Trinajstić information content (AvgIpc) is 2.91. The molecule has 3 aromatic heterocycles. The van der Waals surface area contributed by atoms with E-state index >= 15 is 0 Å². The number of rotatable bonds is 3. The summed E-state index contributed by atoms with van der Waals surface area (Å²) in [7, 11) is 3.49. The molecule has 0 aliphatic rings. The minimum absolute atomic E-state index is 0.169. The van der Waals surface area contributed by atoms with E-state index in [9.17, 15) is 4.79 Å². The minimum Gasteiger partial charge on any atom is -0.497 e. The fourth-order valence-electron chi connectivity index (χ4n) is 2.92. The van der Waals surface area contributed by atoms with Crippen molar-refractivity contribution in [1.82, 2.24) is 24.3 Å². The van der Waals surface area contributed by atoms with Crippen molar-refractivity contribution in [2.75, 3.05) is 7.11 Å². The largest absolute Gasteiger partial charge is 0.497 e. The summed E-state index contributed by atoms with van der Waals surface area (Å²) in [6.07, 6.45) is 5.01. The van der Waals surface area contributed by atoms with Crippen LogP contribution >= 0.6 is 0 Å². The predicted octanol–water partition coefficient (Wildman–Crippen LogP) is 1.74. The van der Waals surface area contributed by atoms with Crippen molar-refractivity contribution < 1.29 is 4.74 Å². The van der Waals surface area contributed by atoms with Gasteiger partial charge in [0.1, 0.15) is 23.6 Å². The maximum atomic E-state index is 12.9. The van der Waals surface area contributed by atoms with E-state index in [1.165, 1.54) is 4.68 Å². The van der Waals surface area contributed by atoms with Crippen LogP contribution < -0.4 is 10.3 Å². The zero-order valence-electron chi connectivity index (χ0n) is 13.3. The van der Waals surface area contributed by atoms with Crippen molar-refractivity contribution in [2.45, 2.75) is 6.54 Å². The first-order valence-electron chi connectivity index (χ1n) is 7.47. The third-order valence-electron chi connectivity index (χ3n) is 4.12. The SMILES string of the molecule is COc1ccc2c3cnn(Cc4ncccn4)c(=O)c3n(C)c2c1. The fraction of sp³-hybridized carbons (Fsp3) is 0.176. The molecule has 7 nitrogen and oxygen atoms in total. The first-order chi connectivity index (χ1) is 11.7. The maximum absolute atomic E-state index is 12.9. The van der Waals surface area contributed by atoms with Crippen LogP contribution in [0.25, 0.3) is 21.8 Å². The molecule has 0 aliphatic carbocycles. The van der Waals surface area contributed by atoms with Crippen molar-refractivity contribution in [2.24, 2.45) is 7.05 Å². The fourth-order valence-corrected chi connectivity index (χ4v) is 2.92. The van der Waals surface area contributed by atoms with Crippen molar-refractivity contribution in [3.8, 4) is 5.75 Å². The van der Waals surface area contributed by atoms with Crippen LogP contribution in [0.4, 0.5) is 0 Å². The molecule has 0 bridgehead atoms. The summed E-state index contributed by atoms with van der Waals surface area (Å²) in [5.74, 6) is 1.30. The lowest BCUT2D eigenvalue weighted by atomic mass is 10.2. The molecule has 0 unspecified atom stereocenters. The third-order valence-corrected chi connectivity index (χ3v) is 4.12. The van der Waals surface area contributed by atoms with Gasteiger partial charge in [-0.25, -0.2) is 14.6 Å². The Labute approximate surface area is 137 Å². The Morgan fingerprint density at radius 1 is 1.17 bits per heavy atom. The van der Waals surface area contributed by atoms with Gasteiger partial charge in [-0.2, -0.15) is 5.10 Å². The van der Waals surface area contributed by atoms with Gasteiger partial charge in [0.2, 0.25) is 0 Å². The second-order valence-electron chi connectivity index (χ2n) is 5.48. The highest BCUT2D eigenvalue weighted by molar-refractivity contribution is 6.07. The van der Waals surface area contributed by atoms with E-state index in [1.807, 2.05) is 29.8 Å². The van der Waals surface area contributed by atoms with Crippen LogP contribution in [-0.4, -0.2) is 31.4 Å². The van der Waals surface area contributed by atoms with Crippen LogP contribution in [0, 0.1) is 0 Å². The molecule has 24 heavy (non-hydrogen) atoms. The normalized spacial score (nSPS) is 11.2. The van der Waals surface area contributed by atoms with Gasteiger partial charge in [-0.15, -0.1) is 0 Å². The first kappa shape index (κ1) is 14.4. The standard InChI is InChI=1S/C17H15N5O2/c1-21-14-8-11(24-2)4-5-12(14)13-9-20-22(17(23)16(13)21)10-15-18-6-3-7-19-15/h3-9H,10H2,1-2H3. The smallest absolute Gasteiger partial charge is 0.291 e. The van der Waals surface area contributed by atoms with Crippen molar-refractivity contribution in [3.63, 3.8) is 0 Å². The summed E-state index contributed by atoms with van der Waals surface area (Å²) in [5.41, 5.74) is 1.36. The number of hydrogen-bond donors (Lipinski definition) is 0. The molecule has 0 aliphatic heterocycles. The summed E-state index contributed by atoms with van der Waals surface area (Å²) in [6.45, 7) is 0.237. The Kier molecular flexibility index (Phi) is 3.26. The molecule has 4 aromatic rings. The average molecular weight is 321 g/mol. The second-order valence-corrected chi connectivity index (χ2v) is 5.48. The summed E-state index contributed by atoms with van der Waals surface area (Å²) in [6, 6.07) is 7.48. The summed E-state index contributed by atoms with van der Waals surface area (Å²) < 4.78 is 8.53. The van der Waals surface area contributed by atoms with Crippen LogP contribution in [0.1, 0.15) is 5.82 Å². The number of hydrogen-bond acceptors (Lipinski definition) is 5. The third kappa shape index (κ3) is 2.13. The molecule has 0 amide bonds. The van der Waals surface area contributed by atoms with Crippen LogP contribution in [0.5, 0.6) is 5.75 Å². The number of nitrogens with zero attached hydrogens (tertiary/aromatic N) is 5. The van der Waals surface area contributed by atoms with Gasteiger partial charge in [-0.3, -0.25) is 4.79 Å². The molecule has 0 N–H and O–H groups in total. The Hall–Kier alpha value is -3.22. The van der Waals surface area contributed by atoms with Crippen molar-refractivity contribution in [3.05, 3.63) is 59.0 Å². The monoisotopic (exact) mass is 321 g/mol. The van der Waals surface area contributed by atoms with Crippen LogP contribution in [0.3, 0.4) is 0 Å². The Morgan fingerprint density at radius 3 is 2.71 bits per heavy atom. The Balaban J connectivity index is 1.94. The molecule has 3 heterocycles. The van der Waals surface area contributed by atoms with E-state index in [0.717, 1.165) is 22.0 Å². The van der Waals surface area contributed by atoms with E-state index < -0.39 is 0 Å². The van der Waals surface area contributed by atoms with Crippen molar-refractivity contribution >= 4 is 21.8 Å². The molecule has 0 spiro atoms. The van der Waals surface area contributed by atoms with E-state index in [2.05, 4.69) is 15.1 Å². The van der Waals surface area contributed by atoms with E-state index in [1.54, 1.807) is 31.8 Å². The van der Waals surface area contributed by atoms with Gasteiger partial charge in [0.25, 0.3) is 5.56 Å². The lowest BCUT2D eigenvalue weighted by Gasteiger charge is -2.04. The van der Waals surface area contributed by atoms with Gasteiger partial charge < -0.3 is 9.30 Å². The summed E-state index contributed by atoms with van der Waals surface area (Å²) >= 11 is 0. The van der Waals surface area contributed by atoms with Gasteiger partial charge in [-0.1, -0.05) is 0 Å². The molecule has 0 saturated carbocycles. The van der Waals surface area contributed by atoms with E-state index in [0.29, 0.717) is 11.3 Å². The van der Waals surface area contributed by atoms with Gasteiger partial charge in [0.05, 0.1) is 18.8 Å². The van der Waals surface area contributed by atoms with Gasteiger partial charge in [-0.05, 0) is 18.2 Å². The minimum atomic E-state index is -0.169. The topological polar surface area (TPSA) is 74.8 Å². The number of methoxy groups -OCH3 is 1. The molecule has 7 heteroatoms. The zero-order valence-corrected chi connectivity index (χ0v) is 13.3. The van der Waals surface area contributed by atoms with Crippen LogP contribution in [-0.2, 0) is 13.6 Å². The van der Waals surface area contributed by atoms with Crippen LogP contribution in [0.15, 0.2) is 47.7 Å². The quantitative estimate of drug-likeness (QED) is 0.574. The van der Waals surface area contributed by atoms with Gasteiger partial charge >= 0.3 is 0 Å². The van der Waals surface area contributed by atoms with Gasteiger partial charge in [0, 0.05) is 36.3 Å². The summed E-state index contributed by atoms with van der Waals surface area (Å²) in [4.78, 5) is 21.2. The molecular weight excluding hydrogens is 306 g/mol. The lowest BCUT2D eigenvalue weighted by molar-refractivity contribution is 0.415. The first-order valence-corrected chi connectivity index (χ1v) is 7.47. The number of aryl methyl sites for hydroxylation is 1. The van der Waals surface area contributed by atoms with E-state index in [4.69, 9.17) is 4.74 Å².